The number of nitrogens with zero attached hydrogens (tertiary/aromatic N) is 2. The molecule has 0 aliphatic rings. The van der Waals surface area contributed by atoms with Gasteiger partial charge in [0.05, 0.1) is 15.9 Å². The lowest BCUT2D eigenvalue weighted by Crippen LogP contribution is -2.18. The summed E-state index contributed by atoms with van der Waals surface area (Å²) in [6, 6.07) is 7.44. The van der Waals surface area contributed by atoms with Crippen LogP contribution in [0.1, 0.15) is 33.4 Å². The van der Waals surface area contributed by atoms with Gasteiger partial charge < -0.3 is 0 Å². The summed E-state index contributed by atoms with van der Waals surface area (Å²) >= 11 is 9.34. The van der Waals surface area contributed by atoms with Crippen LogP contribution in [0.25, 0.3) is 0 Å². The van der Waals surface area contributed by atoms with Crippen LogP contribution < -0.4 is 4.72 Å². The van der Waals surface area contributed by atoms with Crippen LogP contribution >= 0.6 is 27.5 Å². The van der Waals surface area contributed by atoms with E-state index in [1.54, 1.807) is 10.9 Å². The van der Waals surface area contributed by atoms with Gasteiger partial charge in [-0.2, -0.15) is 5.10 Å². The molecule has 1 N–H and O–H groups in total. The third kappa shape index (κ3) is 4.37. The second kappa shape index (κ2) is 8.13. The Bertz CT molecular complexity index is 1160. The molecular formula is C21H23BrClN3O2S. The number of hydrogen-bond donors (Lipinski definition) is 1. The Balaban J connectivity index is 1.94. The van der Waals surface area contributed by atoms with Crippen LogP contribution in [0.15, 0.2) is 39.8 Å². The molecule has 154 valence electrons. The molecule has 29 heavy (non-hydrogen) atoms. The van der Waals surface area contributed by atoms with Crippen LogP contribution in [0.2, 0.25) is 5.02 Å². The first-order chi connectivity index (χ1) is 13.5. The lowest BCUT2D eigenvalue weighted by molar-refractivity contribution is 0.599. The number of benzene rings is 2. The largest absolute Gasteiger partial charge is 0.265 e. The Morgan fingerprint density at radius 3 is 2.03 bits per heavy atom. The summed E-state index contributed by atoms with van der Waals surface area (Å²) in [6.45, 7) is 10.1. The molecule has 0 radical (unpaired) electrons. The second-order valence-electron chi connectivity index (χ2n) is 7.21. The van der Waals surface area contributed by atoms with E-state index in [9.17, 15) is 8.42 Å². The fourth-order valence-electron chi connectivity index (χ4n) is 3.37. The first-order valence-electron chi connectivity index (χ1n) is 9.08. The van der Waals surface area contributed by atoms with Crippen molar-refractivity contribution in [1.29, 1.82) is 0 Å². The smallest absolute Gasteiger partial charge is 0.263 e. The Morgan fingerprint density at radius 1 is 0.966 bits per heavy atom. The molecule has 0 unspecified atom stereocenters. The van der Waals surface area contributed by atoms with Crippen molar-refractivity contribution in [2.24, 2.45) is 0 Å². The highest BCUT2D eigenvalue weighted by Crippen LogP contribution is 2.32. The van der Waals surface area contributed by atoms with Gasteiger partial charge in [0.25, 0.3) is 10.0 Å². The molecule has 0 aliphatic carbocycles. The van der Waals surface area contributed by atoms with Crippen molar-refractivity contribution in [3.05, 3.63) is 73.3 Å². The number of rotatable bonds is 5. The van der Waals surface area contributed by atoms with Gasteiger partial charge in [-0.05, 0) is 96.1 Å². The van der Waals surface area contributed by atoms with Gasteiger partial charge in [-0.3, -0.25) is 9.40 Å². The van der Waals surface area contributed by atoms with Crippen LogP contribution in [-0.2, 0) is 16.6 Å². The lowest BCUT2D eigenvalue weighted by atomic mass is 9.95. The van der Waals surface area contributed by atoms with E-state index in [1.165, 1.54) is 0 Å². The standard InChI is InChI=1S/C21H23BrClN3O2S/c1-12-13(2)15(4)20(16(5)14(12)3)29(27,28)25-21-19(22)11-26(24-21)10-17-6-8-18(23)9-7-17/h6-9,11H,10H2,1-5H3,(H,24,25). The fraction of sp³-hybridized carbons (Fsp3) is 0.286. The van der Waals surface area contributed by atoms with E-state index in [4.69, 9.17) is 11.6 Å². The summed E-state index contributed by atoms with van der Waals surface area (Å²) in [7, 11) is -3.80. The average molecular weight is 497 g/mol. The van der Waals surface area contributed by atoms with Crippen LogP contribution in [0.5, 0.6) is 0 Å². The van der Waals surface area contributed by atoms with Gasteiger partial charge in [-0.15, -0.1) is 0 Å². The van der Waals surface area contributed by atoms with E-state index in [-0.39, 0.29) is 5.82 Å². The molecular weight excluding hydrogens is 474 g/mol. The maximum Gasteiger partial charge on any atom is 0.263 e. The van der Waals surface area contributed by atoms with Gasteiger partial charge in [0.15, 0.2) is 5.82 Å². The minimum absolute atomic E-state index is 0.258. The van der Waals surface area contributed by atoms with Crippen molar-refractivity contribution >= 4 is 43.4 Å². The normalized spacial score (nSPS) is 11.7. The van der Waals surface area contributed by atoms with E-state index in [1.807, 2.05) is 58.9 Å². The number of hydrogen-bond acceptors (Lipinski definition) is 3. The number of sulfonamides is 1. The number of halogens is 2. The topological polar surface area (TPSA) is 64.0 Å². The lowest BCUT2D eigenvalue weighted by Gasteiger charge is -2.19. The zero-order chi connectivity index (χ0) is 21.5. The Kier molecular flexibility index (Phi) is 6.13. The molecule has 2 aromatic carbocycles. The van der Waals surface area contributed by atoms with Crippen molar-refractivity contribution in [3.8, 4) is 0 Å². The predicted octanol–water partition coefficient (Wildman–Crippen LogP) is 5.69. The summed E-state index contributed by atoms with van der Waals surface area (Å²) in [5, 5.41) is 5.07. The Morgan fingerprint density at radius 2 is 1.48 bits per heavy atom. The van der Waals surface area contributed by atoms with E-state index in [0.717, 1.165) is 33.4 Å². The van der Waals surface area contributed by atoms with Crippen molar-refractivity contribution in [3.63, 3.8) is 0 Å². The van der Waals surface area contributed by atoms with E-state index in [2.05, 4.69) is 25.8 Å². The first-order valence-corrected chi connectivity index (χ1v) is 11.7. The number of nitrogens with one attached hydrogen (secondary N) is 1. The summed E-state index contributed by atoms with van der Waals surface area (Å²) < 4.78 is 31.3. The number of aromatic nitrogens is 2. The molecule has 0 saturated heterocycles. The van der Waals surface area contributed by atoms with E-state index in [0.29, 0.717) is 20.9 Å². The maximum atomic E-state index is 13.2. The zero-order valence-corrected chi connectivity index (χ0v) is 20.1. The molecule has 0 atom stereocenters. The zero-order valence-electron chi connectivity index (χ0n) is 17.0. The highest BCUT2D eigenvalue weighted by molar-refractivity contribution is 9.10. The Labute approximate surface area is 185 Å². The van der Waals surface area contributed by atoms with Gasteiger partial charge in [-0.25, -0.2) is 8.42 Å². The minimum Gasteiger partial charge on any atom is -0.265 e. The molecule has 1 aromatic heterocycles. The summed E-state index contributed by atoms with van der Waals surface area (Å²) in [6.07, 6.45) is 1.75. The molecule has 0 fully saturated rings. The molecule has 1 heterocycles. The van der Waals surface area contributed by atoms with Crippen LogP contribution in [0.4, 0.5) is 5.82 Å². The summed E-state index contributed by atoms with van der Waals surface area (Å²) in [5.74, 6) is 0.258. The highest BCUT2D eigenvalue weighted by Gasteiger charge is 2.25. The maximum absolute atomic E-state index is 13.2. The SMILES string of the molecule is Cc1c(C)c(C)c(S(=O)(=O)Nc2nn(Cc3ccc(Cl)cc3)cc2Br)c(C)c1C. The van der Waals surface area contributed by atoms with Crippen molar-refractivity contribution in [2.75, 3.05) is 4.72 Å². The quantitative estimate of drug-likeness (QED) is 0.493. The second-order valence-corrected chi connectivity index (χ2v) is 10.1. The third-order valence-electron chi connectivity index (χ3n) is 5.41. The van der Waals surface area contributed by atoms with Crippen LogP contribution in [-0.4, -0.2) is 18.2 Å². The predicted molar refractivity (Wildman–Crippen MR) is 121 cm³/mol. The molecule has 8 heteroatoms. The average Bonchev–Trinajstić information content (AvgIpc) is 2.98. The molecule has 3 rings (SSSR count). The van der Waals surface area contributed by atoms with Crippen molar-refractivity contribution < 1.29 is 8.42 Å². The highest BCUT2D eigenvalue weighted by atomic mass is 79.9. The summed E-state index contributed by atoms with van der Waals surface area (Å²) in [5.41, 5.74) is 5.62. The Hall–Kier alpha value is -1.83. The summed E-state index contributed by atoms with van der Waals surface area (Å²) in [4.78, 5) is 0.317. The molecule has 0 amide bonds. The van der Waals surface area contributed by atoms with Crippen molar-refractivity contribution in [1.82, 2.24) is 9.78 Å². The fourth-order valence-corrected chi connectivity index (χ4v) is 5.66. The van der Waals surface area contributed by atoms with E-state index >= 15 is 0 Å². The van der Waals surface area contributed by atoms with Gasteiger partial charge in [0.2, 0.25) is 0 Å². The van der Waals surface area contributed by atoms with Crippen LogP contribution in [0, 0.1) is 34.6 Å². The molecule has 0 spiro atoms. The first kappa shape index (κ1) is 21.9. The molecule has 0 bridgehead atoms. The molecule has 0 aliphatic heterocycles. The van der Waals surface area contributed by atoms with Gasteiger partial charge >= 0.3 is 0 Å². The van der Waals surface area contributed by atoms with E-state index < -0.39 is 10.0 Å². The van der Waals surface area contributed by atoms with Gasteiger partial charge in [0, 0.05) is 11.2 Å². The van der Waals surface area contributed by atoms with Crippen LogP contribution in [0.3, 0.4) is 0 Å². The molecule has 0 saturated carbocycles. The minimum atomic E-state index is -3.80. The van der Waals surface area contributed by atoms with Gasteiger partial charge in [-0.1, -0.05) is 23.7 Å². The number of anilines is 1. The molecule has 3 aromatic rings. The molecule has 5 nitrogen and oxygen atoms in total. The van der Waals surface area contributed by atoms with Crippen molar-refractivity contribution in [2.45, 2.75) is 46.1 Å². The monoisotopic (exact) mass is 495 g/mol. The third-order valence-corrected chi connectivity index (χ3v) is 7.85. The van der Waals surface area contributed by atoms with Gasteiger partial charge in [0.1, 0.15) is 0 Å².